The van der Waals surface area contributed by atoms with Crippen molar-refractivity contribution in [1.82, 2.24) is 10.2 Å². The van der Waals surface area contributed by atoms with Gasteiger partial charge in [0.05, 0.1) is 13.2 Å². The van der Waals surface area contributed by atoms with Crippen LogP contribution in [0.15, 0.2) is 29.3 Å². The molecular weight excluding hydrogens is 292 g/mol. The molecule has 2 aliphatic rings. The molecule has 0 saturated carbocycles. The normalized spacial score (nSPS) is 18.9. The Hall–Kier alpha value is -1.92. The Labute approximate surface area is 136 Å². The van der Waals surface area contributed by atoms with E-state index in [1.54, 1.807) is 0 Å². The fraction of sp³-hybridized carbons (Fsp3) is 0.529. The van der Waals surface area contributed by atoms with Crippen LogP contribution < -0.4 is 10.6 Å². The van der Waals surface area contributed by atoms with Gasteiger partial charge in [0.15, 0.2) is 0 Å². The SMILES string of the molecule is O=C(CCN1CCOCC1)Nc1ccc(C2=NCCCN2)cc1. The Morgan fingerprint density at radius 3 is 2.74 bits per heavy atom. The van der Waals surface area contributed by atoms with Crippen molar-refractivity contribution in [2.45, 2.75) is 12.8 Å². The number of hydrogen-bond acceptors (Lipinski definition) is 5. The summed E-state index contributed by atoms with van der Waals surface area (Å²) >= 11 is 0. The Balaban J connectivity index is 1.47. The zero-order chi connectivity index (χ0) is 15.9. The average Bonchev–Trinajstić information content (AvgIpc) is 2.62. The van der Waals surface area contributed by atoms with Gasteiger partial charge >= 0.3 is 0 Å². The molecule has 6 nitrogen and oxygen atoms in total. The van der Waals surface area contributed by atoms with Gasteiger partial charge in [0.2, 0.25) is 5.91 Å². The third-order valence-electron chi connectivity index (χ3n) is 4.10. The molecule has 0 aromatic heterocycles. The third kappa shape index (κ3) is 4.77. The number of benzene rings is 1. The average molecular weight is 316 g/mol. The molecule has 1 saturated heterocycles. The van der Waals surface area contributed by atoms with Crippen molar-refractivity contribution in [2.75, 3.05) is 51.3 Å². The Morgan fingerprint density at radius 1 is 1.26 bits per heavy atom. The van der Waals surface area contributed by atoms with E-state index in [9.17, 15) is 4.79 Å². The topological polar surface area (TPSA) is 66.0 Å². The van der Waals surface area contributed by atoms with E-state index in [0.29, 0.717) is 6.42 Å². The van der Waals surface area contributed by atoms with Crippen LogP contribution in [0.2, 0.25) is 0 Å². The number of amidine groups is 1. The van der Waals surface area contributed by atoms with E-state index < -0.39 is 0 Å². The van der Waals surface area contributed by atoms with Gasteiger partial charge in [-0.1, -0.05) is 0 Å². The van der Waals surface area contributed by atoms with Gasteiger partial charge in [0.25, 0.3) is 0 Å². The Kier molecular flexibility index (Phi) is 5.60. The number of amides is 1. The number of morpholine rings is 1. The van der Waals surface area contributed by atoms with Gasteiger partial charge in [0.1, 0.15) is 5.84 Å². The molecule has 1 aromatic carbocycles. The van der Waals surface area contributed by atoms with E-state index in [4.69, 9.17) is 4.74 Å². The van der Waals surface area contributed by atoms with Crippen LogP contribution in [0.1, 0.15) is 18.4 Å². The molecule has 2 aliphatic heterocycles. The largest absolute Gasteiger partial charge is 0.379 e. The van der Waals surface area contributed by atoms with Crippen molar-refractivity contribution in [2.24, 2.45) is 4.99 Å². The van der Waals surface area contributed by atoms with Crippen molar-refractivity contribution in [3.05, 3.63) is 29.8 Å². The van der Waals surface area contributed by atoms with Crippen LogP contribution >= 0.6 is 0 Å². The molecular formula is C17H24N4O2. The van der Waals surface area contributed by atoms with E-state index in [2.05, 4.69) is 20.5 Å². The van der Waals surface area contributed by atoms with Gasteiger partial charge in [-0.3, -0.25) is 14.7 Å². The van der Waals surface area contributed by atoms with Crippen LogP contribution in [0, 0.1) is 0 Å². The van der Waals surface area contributed by atoms with E-state index >= 15 is 0 Å². The number of nitrogens with zero attached hydrogens (tertiary/aromatic N) is 2. The van der Waals surface area contributed by atoms with Crippen LogP contribution in [0.25, 0.3) is 0 Å². The minimum Gasteiger partial charge on any atom is -0.379 e. The first-order chi connectivity index (χ1) is 11.3. The van der Waals surface area contributed by atoms with Crippen LogP contribution in [0.3, 0.4) is 0 Å². The molecule has 124 valence electrons. The molecule has 2 N–H and O–H groups in total. The summed E-state index contributed by atoms with van der Waals surface area (Å²) in [5.41, 5.74) is 1.90. The minimum atomic E-state index is 0.0531. The molecule has 1 amide bonds. The number of carbonyl (C=O) groups is 1. The van der Waals surface area contributed by atoms with Crippen LogP contribution in [0.4, 0.5) is 5.69 Å². The number of carbonyl (C=O) groups excluding carboxylic acids is 1. The van der Waals surface area contributed by atoms with Gasteiger partial charge < -0.3 is 15.4 Å². The second-order valence-electron chi connectivity index (χ2n) is 5.84. The number of nitrogens with one attached hydrogen (secondary N) is 2. The maximum atomic E-state index is 12.0. The van der Waals surface area contributed by atoms with E-state index in [0.717, 1.165) is 69.4 Å². The highest BCUT2D eigenvalue weighted by atomic mass is 16.5. The number of rotatable bonds is 5. The summed E-state index contributed by atoms with van der Waals surface area (Å²) in [5, 5.41) is 6.25. The lowest BCUT2D eigenvalue weighted by atomic mass is 10.1. The molecule has 23 heavy (non-hydrogen) atoms. The molecule has 0 radical (unpaired) electrons. The zero-order valence-electron chi connectivity index (χ0n) is 13.4. The van der Waals surface area contributed by atoms with E-state index in [1.807, 2.05) is 24.3 Å². The number of ether oxygens (including phenoxy) is 1. The first kappa shape index (κ1) is 16.0. The van der Waals surface area contributed by atoms with Crippen molar-refractivity contribution in [3.63, 3.8) is 0 Å². The maximum absolute atomic E-state index is 12.0. The number of hydrogen-bond donors (Lipinski definition) is 2. The number of aliphatic imine (C=N–C) groups is 1. The Morgan fingerprint density at radius 2 is 2.04 bits per heavy atom. The fourth-order valence-corrected chi connectivity index (χ4v) is 2.75. The molecule has 2 heterocycles. The minimum absolute atomic E-state index is 0.0531. The standard InChI is InChI=1S/C17H24N4O2/c22-16(6-9-21-10-12-23-13-11-21)20-15-4-2-14(3-5-15)17-18-7-1-8-19-17/h2-5H,1,6-13H2,(H,18,19)(H,20,22). The molecule has 0 bridgehead atoms. The van der Waals surface area contributed by atoms with Crippen molar-refractivity contribution < 1.29 is 9.53 Å². The summed E-state index contributed by atoms with van der Waals surface area (Å²) in [5.74, 6) is 0.999. The molecule has 0 aliphatic carbocycles. The molecule has 0 spiro atoms. The quantitative estimate of drug-likeness (QED) is 0.853. The predicted octanol–water partition coefficient (Wildman–Crippen LogP) is 1.09. The Bertz CT molecular complexity index is 550. The highest BCUT2D eigenvalue weighted by molar-refractivity contribution is 5.99. The first-order valence-corrected chi connectivity index (χ1v) is 8.30. The molecule has 6 heteroatoms. The highest BCUT2D eigenvalue weighted by Gasteiger charge is 2.12. The second kappa shape index (κ2) is 8.08. The van der Waals surface area contributed by atoms with Crippen molar-refractivity contribution in [1.29, 1.82) is 0 Å². The van der Waals surface area contributed by atoms with Crippen LogP contribution in [-0.4, -0.2) is 62.6 Å². The molecule has 3 rings (SSSR count). The zero-order valence-corrected chi connectivity index (χ0v) is 13.4. The molecule has 1 fully saturated rings. The first-order valence-electron chi connectivity index (χ1n) is 8.30. The summed E-state index contributed by atoms with van der Waals surface area (Å²) in [6.45, 7) is 5.99. The third-order valence-corrected chi connectivity index (χ3v) is 4.10. The summed E-state index contributed by atoms with van der Waals surface area (Å²) < 4.78 is 5.31. The smallest absolute Gasteiger partial charge is 0.225 e. The van der Waals surface area contributed by atoms with Crippen LogP contribution in [-0.2, 0) is 9.53 Å². The van der Waals surface area contributed by atoms with Gasteiger partial charge in [0, 0.05) is 50.4 Å². The van der Waals surface area contributed by atoms with Gasteiger partial charge in [-0.25, -0.2) is 0 Å². The van der Waals surface area contributed by atoms with E-state index in [-0.39, 0.29) is 5.91 Å². The summed E-state index contributed by atoms with van der Waals surface area (Å²) in [7, 11) is 0. The molecule has 0 atom stereocenters. The monoisotopic (exact) mass is 316 g/mol. The van der Waals surface area contributed by atoms with E-state index in [1.165, 1.54) is 0 Å². The van der Waals surface area contributed by atoms with Gasteiger partial charge in [-0.2, -0.15) is 0 Å². The number of anilines is 1. The molecule has 0 unspecified atom stereocenters. The summed E-state index contributed by atoms with van der Waals surface area (Å²) in [6.07, 6.45) is 1.59. The lowest BCUT2D eigenvalue weighted by Crippen LogP contribution is -2.38. The summed E-state index contributed by atoms with van der Waals surface area (Å²) in [4.78, 5) is 18.8. The van der Waals surface area contributed by atoms with Gasteiger partial charge in [-0.15, -0.1) is 0 Å². The molecule has 1 aromatic rings. The second-order valence-corrected chi connectivity index (χ2v) is 5.84. The van der Waals surface area contributed by atoms with Crippen molar-refractivity contribution in [3.8, 4) is 0 Å². The lowest BCUT2D eigenvalue weighted by Gasteiger charge is -2.26. The van der Waals surface area contributed by atoms with Gasteiger partial charge in [-0.05, 0) is 30.7 Å². The predicted molar refractivity (Wildman–Crippen MR) is 91.0 cm³/mol. The summed E-state index contributed by atoms with van der Waals surface area (Å²) in [6, 6.07) is 7.85. The van der Waals surface area contributed by atoms with Crippen molar-refractivity contribution >= 4 is 17.4 Å². The lowest BCUT2D eigenvalue weighted by molar-refractivity contribution is -0.116. The van der Waals surface area contributed by atoms with Crippen LogP contribution in [0.5, 0.6) is 0 Å². The fourth-order valence-electron chi connectivity index (χ4n) is 2.75. The maximum Gasteiger partial charge on any atom is 0.225 e. The highest BCUT2D eigenvalue weighted by Crippen LogP contribution is 2.11.